The van der Waals surface area contributed by atoms with Crippen LogP contribution in [0.5, 0.6) is 0 Å². The maximum Gasteiger partial charge on any atom is 0.220 e. The number of carbonyl (C=O) groups excluding carboxylic acids is 1. The fourth-order valence-electron chi connectivity index (χ4n) is 6.53. The second-order valence-electron chi connectivity index (χ2n) is 9.40. The maximum atomic E-state index is 12.9. The first kappa shape index (κ1) is 18.3. The van der Waals surface area contributed by atoms with E-state index < -0.39 is 0 Å². The standard InChI is InChI=1S/C22H27BrN4O/c1-15-24-5-6-27(15)20-18(3-2-4-25-20)13-26-19(28)12-21-8-16-7-17(9-21)11-22(23,10-16)14-21/h2-6,16-17H,7-14H2,1H3,(H,26,28). The van der Waals surface area contributed by atoms with Gasteiger partial charge in [-0.3, -0.25) is 9.36 Å². The van der Waals surface area contributed by atoms with Crippen LogP contribution >= 0.6 is 15.9 Å². The third kappa shape index (κ3) is 3.30. The summed E-state index contributed by atoms with van der Waals surface area (Å²) >= 11 is 4.05. The molecule has 4 saturated carbocycles. The van der Waals surface area contributed by atoms with Gasteiger partial charge in [-0.25, -0.2) is 9.97 Å². The van der Waals surface area contributed by atoms with Crippen molar-refractivity contribution < 1.29 is 4.79 Å². The van der Waals surface area contributed by atoms with Crippen LogP contribution in [0.2, 0.25) is 0 Å². The molecule has 4 aliphatic rings. The lowest BCUT2D eigenvalue weighted by molar-refractivity contribution is -0.128. The SMILES string of the molecule is Cc1nccn1-c1ncccc1CNC(=O)CC12CC3CC(CC(Br)(C3)C1)C2. The van der Waals surface area contributed by atoms with Gasteiger partial charge in [0.25, 0.3) is 0 Å². The van der Waals surface area contributed by atoms with E-state index in [0.717, 1.165) is 35.5 Å². The van der Waals surface area contributed by atoms with E-state index in [1.807, 2.05) is 29.8 Å². The van der Waals surface area contributed by atoms with Crippen molar-refractivity contribution in [3.8, 4) is 5.82 Å². The van der Waals surface area contributed by atoms with Crippen LogP contribution in [-0.2, 0) is 11.3 Å². The second-order valence-corrected chi connectivity index (χ2v) is 11.1. The molecular weight excluding hydrogens is 416 g/mol. The first-order valence-electron chi connectivity index (χ1n) is 10.3. The predicted molar refractivity (Wildman–Crippen MR) is 111 cm³/mol. The molecule has 0 radical (unpaired) electrons. The summed E-state index contributed by atoms with van der Waals surface area (Å²) in [5, 5.41) is 3.18. The summed E-state index contributed by atoms with van der Waals surface area (Å²) in [5.74, 6) is 3.52. The van der Waals surface area contributed by atoms with Gasteiger partial charge in [0.1, 0.15) is 11.6 Å². The van der Waals surface area contributed by atoms with Gasteiger partial charge in [0.05, 0.1) is 0 Å². The molecule has 1 N–H and O–H groups in total. The summed E-state index contributed by atoms with van der Waals surface area (Å²) in [6.07, 6.45) is 13.7. The summed E-state index contributed by atoms with van der Waals surface area (Å²) in [5.41, 5.74) is 1.22. The van der Waals surface area contributed by atoms with Gasteiger partial charge in [-0.2, -0.15) is 0 Å². The van der Waals surface area contributed by atoms with Crippen molar-refractivity contribution in [1.82, 2.24) is 19.9 Å². The van der Waals surface area contributed by atoms with Gasteiger partial charge < -0.3 is 5.32 Å². The zero-order chi connectivity index (χ0) is 19.4. The fourth-order valence-corrected chi connectivity index (χ4v) is 8.04. The number of imidazole rings is 1. The molecule has 2 aromatic heterocycles. The molecule has 6 rings (SSSR count). The Kier molecular flexibility index (Phi) is 4.38. The van der Waals surface area contributed by atoms with Crippen molar-refractivity contribution in [2.45, 2.75) is 62.7 Å². The predicted octanol–water partition coefficient (Wildman–Crippen LogP) is 4.32. The molecule has 6 heteroatoms. The number of hydrogen-bond donors (Lipinski definition) is 1. The highest BCUT2D eigenvalue weighted by Crippen LogP contribution is 2.65. The molecule has 0 spiro atoms. The monoisotopic (exact) mass is 442 g/mol. The minimum atomic E-state index is 0.176. The first-order chi connectivity index (χ1) is 13.4. The topological polar surface area (TPSA) is 59.8 Å². The molecule has 2 aromatic rings. The average molecular weight is 443 g/mol. The van der Waals surface area contributed by atoms with Crippen LogP contribution in [0.1, 0.15) is 56.3 Å². The van der Waals surface area contributed by atoms with Crippen molar-refractivity contribution in [3.63, 3.8) is 0 Å². The maximum absolute atomic E-state index is 12.9. The lowest BCUT2D eigenvalue weighted by Gasteiger charge is -2.60. The van der Waals surface area contributed by atoms with E-state index in [1.165, 1.54) is 32.1 Å². The molecule has 0 aromatic carbocycles. The van der Waals surface area contributed by atoms with Crippen LogP contribution in [0.3, 0.4) is 0 Å². The van der Waals surface area contributed by atoms with E-state index in [9.17, 15) is 4.79 Å². The number of alkyl halides is 1. The van der Waals surface area contributed by atoms with E-state index in [1.54, 1.807) is 12.4 Å². The Morgan fingerprint density at radius 2 is 2.04 bits per heavy atom. The summed E-state index contributed by atoms with van der Waals surface area (Å²) in [7, 11) is 0. The van der Waals surface area contributed by atoms with Crippen LogP contribution in [0.25, 0.3) is 5.82 Å². The number of pyridine rings is 1. The van der Waals surface area contributed by atoms with Gasteiger partial charge in [0, 0.05) is 41.4 Å². The third-order valence-electron chi connectivity index (χ3n) is 7.04. The van der Waals surface area contributed by atoms with Crippen molar-refractivity contribution in [2.24, 2.45) is 17.3 Å². The Labute approximate surface area is 174 Å². The fraction of sp³-hybridized carbons (Fsp3) is 0.591. The minimum absolute atomic E-state index is 0.176. The van der Waals surface area contributed by atoms with Gasteiger partial charge in [-0.1, -0.05) is 22.0 Å². The normalized spacial score (nSPS) is 33.2. The molecule has 2 heterocycles. The zero-order valence-corrected chi connectivity index (χ0v) is 17.9. The molecule has 4 fully saturated rings. The van der Waals surface area contributed by atoms with Crippen LogP contribution in [0.15, 0.2) is 30.7 Å². The van der Waals surface area contributed by atoms with Gasteiger partial charge in [0.15, 0.2) is 0 Å². The Morgan fingerprint density at radius 1 is 1.25 bits per heavy atom. The lowest BCUT2D eigenvalue weighted by atomic mass is 9.48. The molecule has 0 aliphatic heterocycles. The van der Waals surface area contributed by atoms with Gasteiger partial charge >= 0.3 is 0 Å². The molecule has 148 valence electrons. The summed E-state index contributed by atoms with van der Waals surface area (Å²) in [4.78, 5) is 21.7. The van der Waals surface area contributed by atoms with Crippen LogP contribution in [0, 0.1) is 24.2 Å². The lowest BCUT2D eigenvalue weighted by Crippen LogP contribution is -2.54. The summed E-state index contributed by atoms with van der Waals surface area (Å²) < 4.78 is 2.27. The van der Waals surface area contributed by atoms with E-state index in [2.05, 4.69) is 31.2 Å². The van der Waals surface area contributed by atoms with Crippen LogP contribution in [-0.4, -0.2) is 24.8 Å². The largest absolute Gasteiger partial charge is 0.352 e. The van der Waals surface area contributed by atoms with Crippen molar-refractivity contribution in [3.05, 3.63) is 42.1 Å². The third-order valence-corrected chi connectivity index (χ3v) is 7.97. The molecule has 1 amide bonds. The number of aromatic nitrogens is 3. The van der Waals surface area contributed by atoms with E-state index in [0.29, 0.717) is 17.3 Å². The number of hydrogen-bond acceptors (Lipinski definition) is 3. The number of rotatable bonds is 5. The molecule has 2 unspecified atom stereocenters. The Balaban J connectivity index is 1.28. The number of amides is 1. The number of carbonyl (C=O) groups is 1. The summed E-state index contributed by atoms with van der Waals surface area (Å²) in [6, 6.07) is 3.95. The summed E-state index contributed by atoms with van der Waals surface area (Å²) in [6.45, 7) is 2.46. The highest BCUT2D eigenvalue weighted by molar-refractivity contribution is 9.10. The highest BCUT2D eigenvalue weighted by atomic mass is 79.9. The van der Waals surface area contributed by atoms with Crippen molar-refractivity contribution in [2.75, 3.05) is 0 Å². The molecule has 2 atom stereocenters. The number of aryl methyl sites for hydroxylation is 1. The van der Waals surface area contributed by atoms with Crippen molar-refractivity contribution in [1.29, 1.82) is 0 Å². The Hall–Kier alpha value is -1.69. The molecule has 4 bridgehead atoms. The van der Waals surface area contributed by atoms with E-state index in [4.69, 9.17) is 0 Å². The van der Waals surface area contributed by atoms with E-state index in [-0.39, 0.29) is 11.3 Å². The number of halogens is 1. The molecule has 4 aliphatic carbocycles. The van der Waals surface area contributed by atoms with Gasteiger partial charge in [-0.05, 0) is 68.8 Å². The van der Waals surface area contributed by atoms with Crippen molar-refractivity contribution >= 4 is 21.8 Å². The Bertz CT molecular complexity index is 893. The quantitative estimate of drug-likeness (QED) is 0.701. The number of nitrogens with zero attached hydrogens (tertiary/aromatic N) is 3. The first-order valence-corrected chi connectivity index (χ1v) is 11.1. The zero-order valence-electron chi connectivity index (χ0n) is 16.3. The number of nitrogens with one attached hydrogen (secondary N) is 1. The molecule has 0 saturated heterocycles. The molecule has 5 nitrogen and oxygen atoms in total. The minimum Gasteiger partial charge on any atom is -0.352 e. The molecular formula is C22H27BrN4O. The highest BCUT2D eigenvalue weighted by Gasteiger charge is 2.57. The Morgan fingerprint density at radius 3 is 2.71 bits per heavy atom. The van der Waals surface area contributed by atoms with E-state index >= 15 is 0 Å². The molecule has 28 heavy (non-hydrogen) atoms. The van der Waals surface area contributed by atoms with Crippen LogP contribution in [0.4, 0.5) is 0 Å². The average Bonchev–Trinajstić information content (AvgIpc) is 3.03. The smallest absolute Gasteiger partial charge is 0.220 e. The van der Waals surface area contributed by atoms with Crippen LogP contribution < -0.4 is 5.32 Å². The van der Waals surface area contributed by atoms with Gasteiger partial charge in [0.2, 0.25) is 5.91 Å². The van der Waals surface area contributed by atoms with Gasteiger partial charge in [-0.15, -0.1) is 0 Å². The second kappa shape index (κ2) is 6.68.